The molecule has 0 radical (unpaired) electrons. The summed E-state index contributed by atoms with van der Waals surface area (Å²) in [6, 6.07) is 3.11. The average Bonchev–Trinajstić information content (AvgIpc) is 2.89. The van der Waals surface area contributed by atoms with Crippen molar-refractivity contribution >= 4 is 29.9 Å². The first-order chi connectivity index (χ1) is 11.9. The van der Waals surface area contributed by atoms with Gasteiger partial charge in [-0.1, -0.05) is 12.1 Å². The molecule has 0 spiro atoms. The first-order valence-electron chi connectivity index (χ1n) is 7.88. The summed E-state index contributed by atoms with van der Waals surface area (Å²) >= 11 is 0. The SMILES string of the molecule is C=CCNC(=NCc1nnc(C)n1C)NC(C)c1ccc(F)cc1F.I. The van der Waals surface area contributed by atoms with Gasteiger partial charge < -0.3 is 15.2 Å². The van der Waals surface area contributed by atoms with Crippen molar-refractivity contribution in [2.75, 3.05) is 6.54 Å². The maximum Gasteiger partial charge on any atom is 0.192 e. The summed E-state index contributed by atoms with van der Waals surface area (Å²) in [5.74, 6) is 0.756. The first kappa shape index (κ1) is 22.0. The molecule has 6 nitrogen and oxygen atoms in total. The van der Waals surface area contributed by atoms with Gasteiger partial charge in [0.2, 0.25) is 0 Å². The van der Waals surface area contributed by atoms with E-state index in [-0.39, 0.29) is 24.0 Å². The Morgan fingerprint density at radius 2 is 2.12 bits per heavy atom. The third-order valence-electron chi connectivity index (χ3n) is 3.76. The molecule has 1 heterocycles. The lowest BCUT2D eigenvalue weighted by atomic mass is 10.1. The summed E-state index contributed by atoms with van der Waals surface area (Å²) < 4.78 is 28.8. The highest BCUT2D eigenvalue weighted by molar-refractivity contribution is 14.0. The van der Waals surface area contributed by atoms with E-state index in [1.165, 1.54) is 12.1 Å². The van der Waals surface area contributed by atoms with E-state index in [9.17, 15) is 8.78 Å². The van der Waals surface area contributed by atoms with Gasteiger partial charge in [-0.15, -0.1) is 40.8 Å². The molecule has 2 aromatic rings. The highest BCUT2D eigenvalue weighted by Crippen LogP contribution is 2.17. The lowest BCUT2D eigenvalue weighted by Crippen LogP contribution is -2.39. The smallest absolute Gasteiger partial charge is 0.192 e. The molecule has 0 bridgehead atoms. The predicted molar refractivity (Wildman–Crippen MR) is 108 cm³/mol. The number of hydrogen-bond donors (Lipinski definition) is 2. The molecule has 0 aliphatic rings. The summed E-state index contributed by atoms with van der Waals surface area (Å²) in [5, 5.41) is 14.2. The molecule has 142 valence electrons. The first-order valence-corrected chi connectivity index (χ1v) is 7.88. The number of aromatic nitrogens is 3. The van der Waals surface area contributed by atoms with Crippen molar-refractivity contribution < 1.29 is 8.78 Å². The van der Waals surface area contributed by atoms with E-state index in [0.717, 1.165) is 11.9 Å². The fraction of sp³-hybridized carbons (Fsp3) is 0.353. The fourth-order valence-corrected chi connectivity index (χ4v) is 2.20. The molecule has 1 aromatic heterocycles. The highest BCUT2D eigenvalue weighted by atomic mass is 127. The Morgan fingerprint density at radius 3 is 2.69 bits per heavy atom. The number of nitrogens with one attached hydrogen (secondary N) is 2. The van der Waals surface area contributed by atoms with Gasteiger partial charge in [-0.2, -0.15) is 0 Å². The van der Waals surface area contributed by atoms with Crippen LogP contribution in [0.15, 0.2) is 35.8 Å². The molecule has 1 unspecified atom stereocenters. The molecule has 9 heteroatoms. The largest absolute Gasteiger partial charge is 0.353 e. The lowest BCUT2D eigenvalue weighted by molar-refractivity contribution is 0.551. The van der Waals surface area contributed by atoms with Gasteiger partial charge in [-0.25, -0.2) is 13.8 Å². The van der Waals surface area contributed by atoms with Gasteiger partial charge in [0.25, 0.3) is 0 Å². The van der Waals surface area contributed by atoms with Crippen LogP contribution in [0.2, 0.25) is 0 Å². The van der Waals surface area contributed by atoms with Crippen LogP contribution in [-0.2, 0) is 13.6 Å². The van der Waals surface area contributed by atoms with Crippen LogP contribution >= 0.6 is 24.0 Å². The third kappa shape index (κ3) is 5.75. The molecule has 2 N–H and O–H groups in total. The number of aryl methyl sites for hydroxylation is 1. The molecule has 0 aliphatic carbocycles. The average molecular weight is 476 g/mol. The van der Waals surface area contributed by atoms with Gasteiger partial charge in [0.15, 0.2) is 11.8 Å². The van der Waals surface area contributed by atoms with Crippen LogP contribution in [0.4, 0.5) is 8.78 Å². The zero-order chi connectivity index (χ0) is 18.4. The van der Waals surface area contributed by atoms with Gasteiger partial charge in [0, 0.05) is 25.2 Å². The van der Waals surface area contributed by atoms with Crippen LogP contribution in [0, 0.1) is 18.6 Å². The zero-order valence-electron chi connectivity index (χ0n) is 15.0. The Balaban J connectivity index is 0.00000338. The van der Waals surface area contributed by atoms with E-state index in [1.807, 2.05) is 18.5 Å². The molecule has 0 saturated heterocycles. The van der Waals surface area contributed by atoms with Crippen LogP contribution in [0.25, 0.3) is 0 Å². The Bertz CT molecular complexity index is 775. The van der Waals surface area contributed by atoms with Crippen LogP contribution in [-0.4, -0.2) is 27.3 Å². The van der Waals surface area contributed by atoms with Crippen molar-refractivity contribution in [3.05, 3.63) is 59.7 Å². The standard InChI is InChI=1S/C17H22F2N6.HI/c1-5-8-20-17(21-10-16-24-23-12(3)25(16)4)22-11(2)14-7-6-13(18)9-15(14)19;/h5-7,9,11H,1,8,10H2,2-4H3,(H2,20,21,22);1H. The number of nitrogens with zero attached hydrogens (tertiary/aromatic N) is 4. The van der Waals surface area contributed by atoms with Crippen LogP contribution in [0.3, 0.4) is 0 Å². The second-order valence-corrected chi connectivity index (χ2v) is 5.59. The minimum atomic E-state index is -0.607. The number of aliphatic imine (C=N–C) groups is 1. The summed E-state index contributed by atoms with van der Waals surface area (Å²) in [7, 11) is 1.86. The molecule has 1 atom stereocenters. The van der Waals surface area contributed by atoms with E-state index in [2.05, 4.69) is 32.4 Å². The molecule has 0 fully saturated rings. The van der Waals surface area contributed by atoms with Gasteiger partial charge in [-0.3, -0.25) is 0 Å². The van der Waals surface area contributed by atoms with Gasteiger partial charge in [0.1, 0.15) is 24.0 Å². The topological polar surface area (TPSA) is 67.1 Å². The zero-order valence-corrected chi connectivity index (χ0v) is 17.3. The summed E-state index contributed by atoms with van der Waals surface area (Å²) in [6.45, 7) is 8.08. The van der Waals surface area contributed by atoms with Crippen LogP contribution < -0.4 is 10.6 Å². The predicted octanol–water partition coefficient (Wildman–Crippen LogP) is 3.00. The number of halogens is 3. The Hall–Kier alpha value is -2.04. The minimum Gasteiger partial charge on any atom is -0.353 e. The summed E-state index contributed by atoms with van der Waals surface area (Å²) in [5.41, 5.74) is 0.351. The normalized spacial score (nSPS) is 12.3. The van der Waals surface area contributed by atoms with E-state index in [4.69, 9.17) is 0 Å². The Morgan fingerprint density at radius 1 is 1.38 bits per heavy atom. The molecular weight excluding hydrogens is 453 g/mol. The highest BCUT2D eigenvalue weighted by Gasteiger charge is 2.13. The molecular formula is C17H23F2IN6. The molecule has 0 saturated carbocycles. The van der Waals surface area contributed by atoms with Crippen molar-refractivity contribution in [2.45, 2.75) is 26.4 Å². The van der Waals surface area contributed by atoms with Gasteiger partial charge in [0.05, 0.1) is 6.04 Å². The van der Waals surface area contributed by atoms with E-state index < -0.39 is 17.7 Å². The molecule has 0 amide bonds. The summed E-state index contributed by atoms with van der Waals surface area (Å²) in [4.78, 5) is 4.45. The van der Waals surface area contributed by atoms with Gasteiger partial charge >= 0.3 is 0 Å². The number of guanidine groups is 1. The van der Waals surface area contributed by atoms with Crippen molar-refractivity contribution in [1.82, 2.24) is 25.4 Å². The quantitative estimate of drug-likeness (QED) is 0.291. The molecule has 2 rings (SSSR count). The van der Waals surface area contributed by atoms with E-state index in [0.29, 0.717) is 30.4 Å². The Labute approximate surface area is 168 Å². The monoisotopic (exact) mass is 476 g/mol. The number of rotatable bonds is 6. The van der Waals surface area contributed by atoms with Crippen LogP contribution in [0.5, 0.6) is 0 Å². The fourth-order valence-electron chi connectivity index (χ4n) is 2.20. The van der Waals surface area contributed by atoms with Crippen LogP contribution in [0.1, 0.15) is 30.2 Å². The lowest BCUT2D eigenvalue weighted by Gasteiger charge is -2.18. The summed E-state index contributed by atoms with van der Waals surface area (Å²) in [6.07, 6.45) is 1.69. The number of hydrogen-bond acceptors (Lipinski definition) is 3. The molecule has 0 aliphatic heterocycles. The second kappa shape index (κ2) is 10.2. The van der Waals surface area contributed by atoms with Crippen molar-refractivity contribution in [2.24, 2.45) is 12.0 Å². The maximum absolute atomic E-state index is 13.9. The van der Waals surface area contributed by atoms with E-state index >= 15 is 0 Å². The molecule has 1 aromatic carbocycles. The molecule has 26 heavy (non-hydrogen) atoms. The second-order valence-electron chi connectivity index (χ2n) is 5.59. The van der Waals surface area contributed by atoms with E-state index in [1.54, 1.807) is 13.0 Å². The van der Waals surface area contributed by atoms with Crippen molar-refractivity contribution in [3.8, 4) is 0 Å². The Kier molecular flexibility index (Phi) is 8.62. The van der Waals surface area contributed by atoms with Crippen molar-refractivity contribution in [3.63, 3.8) is 0 Å². The maximum atomic E-state index is 13.9. The van der Waals surface area contributed by atoms with Gasteiger partial charge in [-0.05, 0) is 19.9 Å². The van der Waals surface area contributed by atoms with Crippen molar-refractivity contribution in [1.29, 1.82) is 0 Å². The third-order valence-corrected chi connectivity index (χ3v) is 3.76. The number of benzene rings is 1. The minimum absolute atomic E-state index is 0.